The average Bonchev–Trinajstić information content (AvgIpc) is 2.86. The van der Waals surface area contributed by atoms with Gasteiger partial charge in [-0.05, 0) is 56.7 Å². The topological polar surface area (TPSA) is 15.3 Å². The molecule has 110 valence electrons. The van der Waals surface area contributed by atoms with Crippen LogP contribution in [0, 0.1) is 12.8 Å². The lowest BCUT2D eigenvalue weighted by atomic mass is 9.96. The minimum absolute atomic E-state index is 0.746. The number of rotatable bonds is 4. The van der Waals surface area contributed by atoms with E-state index in [-0.39, 0.29) is 0 Å². The number of hydrogen-bond donors (Lipinski definition) is 1. The standard InChI is InChI=1S/C18H28N2/c1-3-19-17-8-4-6-16(17)13-20-11-5-7-15-12-14(2)9-10-18(15)20/h9-10,12,16-17,19H,3-8,11,13H2,1-2H3. The number of anilines is 1. The van der Waals surface area contributed by atoms with E-state index >= 15 is 0 Å². The fourth-order valence-electron chi connectivity index (χ4n) is 4.06. The van der Waals surface area contributed by atoms with Gasteiger partial charge in [-0.3, -0.25) is 0 Å². The highest BCUT2D eigenvalue weighted by Crippen LogP contribution is 2.32. The molecule has 3 rings (SSSR count). The van der Waals surface area contributed by atoms with Crippen LogP contribution in [0.3, 0.4) is 0 Å². The summed E-state index contributed by atoms with van der Waals surface area (Å²) in [4.78, 5) is 2.65. The smallest absolute Gasteiger partial charge is 0.0399 e. The van der Waals surface area contributed by atoms with Gasteiger partial charge in [-0.1, -0.05) is 31.0 Å². The molecular weight excluding hydrogens is 244 g/mol. The van der Waals surface area contributed by atoms with E-state index in [9.17, 15) is 0 Å². The van der Waals surface area contributed by atoms with E-state index < -0.39 is 0 Å². The second-order valence-corrected chi connectivity index (χ2v) is 6.54. The Hall–Kier alpha value is -1.02. The van der Waals surface area contributed by atoms with E-state index in [0.717, 1.165) is 18.5 Å². The zero-order chi connectivity index (χ0) is 13.9. The Morgan fingerprint density at radius 1 is 1.25 bits per heavy atom. The third-order valence-electron chi connectivity index (χ3n) is 5.03. The molecule has 2 aliphatic rings. The maximum Gasteiger partial charge on any atom is 0.0399 e. The van der Waals surface area contributed by atoms with Crippen molar-refractivity contribution in [1.29, 1.82) is 0 Å². The molecule has 2 unspecified atom stereocenters. The Balaban J connectivity index is 1.73. The first-order valence-corrected chi connectivity index (χ1v) is 8.36. The zero-order valence-electron chi connectivity index (χ0n) is 13.0. The molecule has 0 radical (unpaired) electrons. The molecule has 1 aromatic carbocycles. The Kier molecular flexibility index (Phi) is 4.30. The van der Waals surface area contributed by atoms with Crippen LogP contribution in [0.15, 0.2) is 18.2 Å². The van der Waals surface area contributed by atoms with Crippen molar-refractivity contribution in [3.05, 3.63) is 29.3 Å². The third kappa shape index (κ3) is 2.85. The number of aryl methyl sites for hydroxylation is 2. The second kappa shape index (κ2) is 6.17. The van der Waals surface area contributed by atoms with Crippen LogP contribution in [0.2, 0.25) is 0 Å². The number of benzene rings is 1. The summed E-state index contributed by atoms with van der Waals surface area (Å²) < 4.78 is 0. The van der Waals surface area contributed by atoms with Crippen molar-refractivity contribution < 1.29 is 0 Å². The van der Waals surface area contributed by atoms with Gasteiger partial charge in [0.1, 0.15) is 0 Å². The Morgan fingerprint density at radius 2 is 2.15 bits per heavy atom. The molecule has 1 aromatic rings. The molecule has 0 saturated heterocycles. The maximum absolute atomic E-state index is 3.69. The summed E-state index contributed by atoms with van der Waals surface area (Å²) in [6, 6.07) is 7.75. The lowest BCUT2D eigenvalue weighted by molar-refractivity contribution is 0.403. The van der Waals surface area contributed by atoms with Gasteiger partial charge in [-0.15, -0.1) is 0 Å². The first kappa shape index (κ1) is 13.9. The molecule has 1 fully saturated rings. The van der Waals surface area contributed by atoms with Crippen LogP contribution in [0.5, 0.6) is 0 Å². The van der Waals surface area contributed by atoms with Crippen molar-refractivity contribution in [3.63, 3.8) is 0 Å². The quantitative estimate of drug-likeness (QED) is 0.902. The summed E-state index contributed by atoms with van der Waals surface area (Å²) in [5.74, 6) is 0.835. The van der Waals surface area contributed by atoms with Crippen molar-refractivity contribution in [1.82, 2.24) is 5.32 Å². The summed E-state index contributed by atoms with van der Waals surface area (Å²) in [6.07, 6.45) is 6.74. The third-order valence-corrected chi connectivity index (χ3v) is 5.03. The SMILES string of the molecule is CCNC1CCCC1CN1CCCc2cc(C)ccc21. The van der Waals surface area contributed by atoms with Gasteiger partial charge in [0.2, 0.25) is 0 Å². The number of fused-ring (bicyclic) bond motifs is 1. The molecule has 1 saturated carbocycles. The molecule has 0 bridgehead atoms. The molecule has 1 aliphatic carbocycles. The largest absolute Gasteiger partial charge is 0.371 e. The monoisotopic (exact) mass is 272 g/mol. The van der Waals surface area contributed by atoms with Gasteiger partial charge in [0, 0.05) is 24.8 Å². The minimum Gasteiger partial charge on any atom is -0.371 e. The molecule has 0 amide bonds. The molecule has 1 aliphatic heterocycles. The molecule has 2 nitrogen and oxygen atoms in total. The summed E-state index contributed by atoms with van der Waals surface area (Å²) in [5.41, 5.74) is 4.47. The highest BCUT2D eigenvalue weighted by atomic mass is 15.1. The van der Waals surface area contributed by atoms with Crippen molar-refractivity contribution in [2.45, 2.75) is 52.0 Å². The normalized spacial score (nSPS) is 25.8. The van der Waals surface area contributed by atoms with Gasteiger partial charge in [-0.2, -0.15) is 0 Å². The first-order valence-electron chi connectivity index (χ1n) is 8.36. The van der Waals surface area contributed by atoms with Crippen molar-refractivity contribution in [3.8, 4) is 0 Å². The van der Waals surface area contributed by atoms with E-state index in [0.29, 0.717) is 0 Å². The lowest BCUT2D eigenvalue weighted by Crippen LogP contribution is -2.41. The first-order chi connectivity index (χ1) is 9.78. The molecule has 2 atom stereocenters. The Morgan fingerprint density at radius 3 is 3.00 bits per heavy atom. The molecule has 1 heterocycles. The van der Waals surface area contributed by atoms with Crippen LogP contribution in [-0.2, 0) is 6.42 Å². The fourth-order valence-corrected chi connectivity index (χ4v) is 4.06. The van der Waals surface area contributed by atoms with Gasteiger partial charge < -0.3 is 10.2 Å². The Labute approximate surface area is 123 Å². The highest BCUT2D eigenvalue weighted by molar-refractivity contribution is 5.56. The predicted molar refractivity (Wildman–Crippen MR) is 86.5 cm³/mol. The highest BCUT2D eigenvalue weighted by Gasteiger charge is 2.29. The lowest BCUT2D eigenvalue weighted by Gasteiger charge is -2.35. The predicted octanol–water partition coefficient (Wildman–Crippen LogP) is 3.53. The number of nitrogens with zero attached hydrogens (tertiary/aromatic N) is 1. The molecular formula is C18H28N2. The van der Waals surface area contributed by atoms with Gasteiger partial charge in [0.05, 0.1) is 0 Å². The molecule has 20 heavy (non-hydrogen) atoms. The van der Waals surface area contributed by atoms with Crippen molar-refractivity contribution in [2.24, 2.45) is 5.92 Å². The van der Waals surface area contributed by atoms with E-state index in [1.807, 2.05) is 0 Å². The van der Waals surface area contributed by atoms with E-state index in [1.165, 1.54) is 56.4 Å². The van der Waals surface area contributed by atoms with Gasteiger partial charge in [0.25, 0.3) is 0 Å². The zero-order valence-corrected chi connectivity index (χ0v) is 13.0. The summed E-state index contributed by atoms with van der Waals surface area (Å²) >= 11 is 0. The van der Waals surface area contributed by atoms with E-state index in [1.54, 1.807) is 5.56 Å². The molecule has 1 N–H and O–H groups in total. The van der Waals surface area contributed by atoms with E-state index in [2.05, 4.69) is 42.3 Å². The summed E-state index contributed by atoms with van der Waals surface area (Å²) in [6.45, 7) is 8.03. The van der Waals surface area contributed by atoms with Gasteiger partial charge in [0.15, 0.2) is 0 Å². The number of hydrogen-bond acceptors (Lipinski definition) is 2. The maximum atomic E-state index is 3.69. The van der Waals surface area contributed by atoms with Crippen LogP contribution in [0.25, 0.3) is 0 Å². The summed E-state index contributed by atoms with van der Waals surface area (Å²) in [5, 5.41) is 3.69. The molecule has 2 heteroatoms. The van der Waals surface area contributed by atoms with E-state index in [4.69, 9.17) is 0 Å². The van der Waals surface area contributed by atoms with Crippen LogP contribution in [-0.4, -0.2) is 25.7 Å². The average molecular weight is 272 g/mol. The second-order valence-electron chi connectivity index (χ2n) is 6.54. The summed E-state index contributed by atoms with van der Waals surface area (Å²) in [7, 11) is 0. The van der Waals surface area contributed by atoms with Gasteiger partial charge >= 0.3 is 0 Å². The van der Waals surface area contributed by atoms with Crippen LogP contribution in [0.4, 0.5) is 5.69 Å². The van der Waals surface area contributed by atoms with Crippen LogP contribution >= 0.6 is 0 Å². The Bertz CT molecular complexity index is 455. The van der Waals surface area contributed by atoms with Crippen molar-refractivity contribution in [2.75, 3.05) is 24.5 Å². The van der Waals surface area contributed by atoms with Crippen molar-refractivity contribution >= 4 is 5.69 Å². The van der Waals surface area contributed by atoms with Crippen LogP contribution < -0.4 is 10.2 Å². The number of nitrogens with one attached hydrogen (secondary N) is 1. The fraction of sp³-hybridized carbons (Fsp3) is 0.667. The van der Waals surface area contributed by atoms with Crippen LogP contribution in [0.1, 0.15) is 43.7 Å². The molecule has 0 spiro atoms. The molecule has 0 aromatic heterocycles. The minimum atomic E-state index is 0.746. The van der Waals surface area contributed by atoms with Gasteiger partial charge in [-0.25, -0.2) is 0 Å².